The van der Waals surface area contributed by atoms with Crippen LogP contribution >= 0.6 is 0 Å². The highest BCUT2D eigenvalue weighted by molar-refractivity contribution is 5.84. The summed E-state index contributed by atoms with van der Waals surface area (Å²) < 4.78 is 0. The first-order valence-corrected chi connectivity index (χ1v) is 8.29. The summed E-state index contributed by atoms with van der Waals surface area (Å²) in [5.41, 5.74) is 0. The summed E-state index contributed by atoms with van der Waals surface area (Å²) >= 11 is 0. The number of amides is 2. The van der Waals surface area contributed by atoms with Crippen LogP contribution in [0.3, 0.4) is 0 Å². The molecule has 2 saturated carbocycles. The zero-order valence-corrected chi connectivity index (χ0v) is 13.0. The first kappa shape index (κ1) is 14.7. The lowest BCUT2D eigenvalue weighted by Gasteiger charge is -2.34. The van der Waals surface area contributed by atoms with Crippen molar-refractivity contribution < 1.29 is 14.7 Å². The molecule has 2 amide bonds. The Labute approximate surface area is 126 Å². The number of carbonyl (C=O) groups is 2. The minimum Gasteiger partial charge on any atom is -0.480 e. The zero-order valence-electron chi connectivity index (χ0n) is 13.0. The van der Waals surface area contributed by atoms with Crippen molar-refractivity contribution in [3.63, 3.8) is 0 Å². The van der Waals surface area contributed by atoms with Gasteiger partial charge in [0.1, 0.15) is 6.04 Å². The fourth-order valence-electron chi connectivity index (χ4n) is 4.07. The van der Waals surface area contributed by atoms with Gasteiger partial charge in [0.25, 0.3) is 0 Å². The first-order valence-electron chi connectivity index (χ1n) is 8.29. The van der Waals surface area contributed by atoms with Crippen LogP contribution in [0.4, 0.5) is 4.79 Å². The van der Waals surface area contributed by atoms with E-state index in [1.54, 1.807) is 4.90 Å². The van der Waals surface area contributed by atoms with Gasteiger partial charge in [0, 0.05) is 19.1 Å². The second-order valence-electron chi connectivity index (χ2n) is 7.26. The van der Waals surface area contributed by atoms with E-state index in [4.69, 9.17) is 0 Å². The molecule has 1 N–H and O–H groups in total. The molecule has 0 aromatic rings. The van der Waals surface area contributed by atoms with Gasteiger partial charge in [0.15, 0.2) is 0 Å². The molecule has 21 heavy (non-hydrogen) atoms. The molecule has 3 fully saturated rings. The van der Waals surface area contributed by atoms with Gasteiger partial charge in [0.2, 0.25) is 0 Å². The van der Waals surface area contributed by atoms with Crippen LogP contribution in [0.1, 0.15) is 46.0 Å². The summed E-state index contributed by atoms with van der Waals surface area (Å²) in [6, 6.07) is -0.530. The van der Waals surface area contributed by atoms with Gasteiger partial charge < -0.3 is 14.9 Å². The number of urea groups is 1. The molecule has 118 valence electrons. The minimum atomic E-state index is -0.826. The van der Waals surface area contributed by atoms with E-state index in [9.17, 15) is 14.7 Å². The van der Waals surface area contributed by atoms with Crippen molar-refractivity contribution in [3.05, 3.63) is 0 Å². The van der Waals surface area contributed by atoms with Crippen molar-refractivity contribution in [1.82, 2.24) is 9.80 Å². The predicted octanol–water partition coefficient (Wildman–Crippen LogP) is 2.41. The molecule has 5 heteroatoms. The van der Waals surface area contributed by atoms with E-state index in [0.717, 1.165) is 25.8 Å². The van der Waals surface area contributed by atoms with Crippen LogP contribution in [0, 0.1) is 17.8 Å². The predicted molar refractivity (Wildman–Crippen MR) is 78.9 cm³/mol. The van der Waals surface area contributed by atoms with Crippen molar-refractivity contribution in [3.8, 4) is 0 Å². The third kappa shape index (κ3) is 2.74. The number of nitrogens with zero attached hydrogens (tertiary/aromatic N) is 2. The third-order valence-corrected chi connectivity index (χ3v) is 5.41. The minimum absolute atomic E-state index is 0.0568. The van der Waals surface area contributed by atoms with Gasteiger partial charge in [0.05, 0.1) is 0 Å². The van der Waals surface area contributed by atoms with Crippen molar-refractivity contribution in [1.29, 1.82) is 0 Å². The average Bonchev–Trinajstić information content (AvgIpc) is 2.98. The molecule has 1 aliphatic heterocycles. The van der Waals surface area contributed by atoms with Gasteiger partial charge in [-0.2, -0.15) is 0 Å². The molecule has 2 aliphatic carbocycles. The van der Waals surface area contributed by atoms with E-state index in [1.165, 1.54) is 12.8 Å². The van der Waals surface area contributed by atoms with Gasteiger partial charge >= 0.3 is 12.0 Å². The van der Waals surface area contributed by atoms with Gasteiger partial charge in [-0.25, -0.2) is 9.59 Å². The Morgan fingerprint density at radius 2 is 1.95 bits per heavy atom. The average molecular weight is 294 g/mol. The van der Waals surface area contributed by atoms with Crippen LogP contribution in [0.5, 0.6) is 0 Å². The van der Waals surface area contributed by atoms with E-state index in [2.05, 4.69) is 0 Å². The second-order valence-corrected chi connectivity index (χ2v) is 7.26. The summed E-state index contributed by atoms with van der Waals surface area (Å²) in [5.74, 6) is 0.362. The molecule has 0 bridgehead atoms. The van der Waals surface area contributed by atoms with Crippen LogP contribution < -0.4 is 0 Å². The fraction of sp³-hybridized carbons (Fsp3) is 0.875. The highest BCUT2D eigenvalue weighted by Crippen LogP contribution is 2.43. The Morgan fingerprint density at radius 1 is 1.24 bits per heavy atom. The van der Waals surface area contributed by atoms with Gasteiger partial charge in [-0.15, -0.1) is 0 Å². The zero-order chi connectivity index (χ0) is 15.1. The molecule has 0 spiro atoms. The normalized spacial score (nSPS) is 31.6. The largest absolute Gasteiger partial charge is 0.480 e. The first-order chi connectivity index (χ1) is 9.99. The van der Waals surface area contributed by atoms with Gasteiger partial charge in [-0.05, 0) is 57.3 Å². The van der Waals surface area contributed by atoms with Crippen LogP contribution in [0.15, 0.2) is 0 Å². The number of rotatable bonds is 4. The molecule has 0 aromatic carbocycles. The molecule has 3 atom stereocenters. The lowest BCUT2D eigenvalue weighted by Crippen LogP contribution is -2.52. The smallest absolute Gasteiger partial charge is 0.326 e. The number of carboxylic acids is 1. The summed E-state index contributed by atoms with van der Waals surface area (Å²) in [5, 5.41) is 9.58. The van der Waals surface area contributed by atoms with Crippen molar-refractivity contribution in [2.45, 2.75) is 58.0 Å². The van der Waals surface area contributed by atoms with Gasteiger partial charge in [-0.1, -0.05) is 6.42 Å². The van der Waals surface area contributed by atoms with Crippen LogP contribution in [-0.2, 0) is 4.79 Å². The molecule has 1 heterocycles. The molecule has 5 nitrogen and oxygen atoms in total. The van der Waals surface area contributed by atoms with Crippen molar-refractivity contribution in [2.75, 3.05) is 13.1 Å². The maximum absolute atomic E-state index is 12.9. The monoisotopic (exact) mass is 294 g/mol. The number of aliphatic carboxylic acids is 1. The summed E-state index contributed by atoms with van der Waals surface area (Å²) in [6.45, 7) is 5.46. The number of carbonyl (C=O) groups excluding carboxylic acids is 1. The summed E-state index contributed by atoms with van der Waals surface area (Å²) in [6.07, 6.45) is 5.53. The molecule has 3 rings (SSSR count). The Hall–Kier alpha value is -1.26. The number of fused-ring (bicyclic) bond motifs is 1. The quantitative estimate of drug-likeness (QED) is 0.866. The Bertz CT molecular complexity index is 433. The number of carboxylic acid groups (broad SMARTS) is 1. The number of likely N-dealkylation sites (tertiary alicyclic amines) is 1. The summed E-state index contributed by atoms with van der Waals surface area (Å²) in [4.78, 5) is 28.1. The van der Waals surface area contributed by atoms with Gasteiger partial charge in [-0.3, -0.25) is 0 Å². The topological polar surface area (TPSA) is 60.9 Å². The molecule has 3 aliphatic rings. The SMILES string of the molecule is CC(C)N(CC1CC1)C(=O)N1CC2CCCC2C1C(=O)O. The standard InChI is InChI=1S/C16H26N2O3/c1-10(2)17(8-11-6-7-11)16(21)18-9-12-4-3-5-13(12)14(18)15(19)20/h10-14H,3-9H2,1-2H3,(H,19,20). The molecule has 0 radical (unpaired) electrons. The van der Waals surface area contributed by atoms with E-state index >= 15 is 0 Å². The number of hydrogen-bond donors (Lipinski definition) is 1. The van der Waals surface area contributed by atoms with E-state index in [1.807, 2.05) is 18.7 Å². The Morgan fingerprint density at radius 3 is 2.52 bits per heavy atom. The maximum atomic E-state index is 12.9. The van der Waals surface area contributed by atoms with Crippen LogP contribution in [-0.4, -0.2) is 52.1 Å². The molecule has 1 saturated heterocycles. The van der Waals surface area contributed by atoms with E-state index in [-0.39, 0.29) is 18.0 Å². The molecule has 3 unspecified atom stereocenters. The second kappa shape index (κ2) is 5.50. The van der Waals surface area contributed by atoms with Crippen LogP contribution in [0.2, 0.25) is 0 Å². The molecular weight excluding hydrogens is 268 g/mol. The Balaban J connectivity index is 1.76. The number of hydrogen-bond acceptors (Lipinski definition) is 2. The molecule has 0 aromatic heterocycles. The summed E-state index contributed by atoms with van der Waals surface area (Å²) in [7, 11) is 0. The Kier molecular flexibility index (Phi) is 3.84. The molecular formula is C16H26N2O3. The fourth-order valence-corrected chi connectivity index (χ4v) is 4.07. The van der Waals surface area contributed by atoms with Crippen molar-refractivity contribution in [2.24, 2.45) is 17.8 Å². The maximum Gasteiger partial charge on any atom is 0.326 e. The van der Waals surface area contributed by atoms with E-state index < -0.39 is 12.0 Å². The lowest BCUT2D eigenvalue weighted by atomic mass is 9.94. The van der Waals surface area contributed by atoms with Crippen LogP contribution in [0.25, 0.3) is 0 Å². The highest BCUT2D eigenvalue weighted by atomic mass is 16.4. The lowest BCUT2D eigenvalue weighted by molar-refractivity contribution is -0.142. The van der Waals surface area contributed by atoms with Crippen molar-refractivity contribution >= 4 is 12.0 Å². The highest BCUT2D eigenvalue weighted by Gasteiger charge is 2.50. The third-order valence-electron chi connectivity index (χ3n) is 5.41. The van der Waals surface area contributed by atoms with E-state index in [0.29, 0.717) is 18.4 Å².